The van der Waals surface area contributed by atoms with Gasteiger partial charge in [0, 0.05) is 32.1 Å². The SMILES string of the molecule is CC(C)[C@H](NC(=O)[C@H](CCC(=O)O)NC(=O)[C@H](CCC(=O)O)NC(=O)[C@H](Cc1cccc(O)c1)NC(=O)[C@H](CCC(=O)O)NC(=O)[C@H](CC(=O)O)NC(=O)[C@H](CC(=O)O)NC(=O)[C@@H](N)CCC(=O)O)C(=O)O. The molecular formula is C42H58N8O22. The van der Waals surface area contributed by atoms with Gasteiger partial charge < -0.3 is 83.8 Å². The van der Waals surface area contributed by atoms with Crippen LogP contribution < -0.4 is 43.0 Å². The third-order valence-corrected chi connectivity index (χ3v) is 10.1. The summed E-state index contributed by atoms with van der Waals surface area (Å²) < 4.78 is 0. The molecule has 0 spiro atoms. The van der Waals surface area contributed by atoms with E-state index in [4.69, 9.17) is 10.8 Å². The molecule has 1 aromatic carbocycles. The molecule has 30 nitrogen and oxygen atoms in total. The number of aromatic hydroxyl groups is 1. The summed E-state index contributed by atoms with van der Waals surface area (Å²) >= 11 is 0. The van der Waals surface area contributed by atoms with E-state index < -0.39 is 208 Å². The van der Waals surface area contributed by atoms with Crippen LogP contribution in [0.2, 0.25) is 0 Å². The molecule has 0 aliphatic heterocycles. The molecule has 7 amide bonds. The quantitative estimate of drug-likeness (QED) is 0.0311. The van der Waals surface area contributed by atoms with Crippen molar-refractivity contribution in [1.82, 2.24) is 37.2 Å². The van der Waals surface area contributed by atoms with Crippen molar-refractivity contribution in [3.05, 3.63) is 29.8 Å². The Bertz CT molecular complexity index is 2200. The fraction of sp³-hybridized carbons (Fsp3) is 0.524. The predicted octanol–water partition coefficient (Wildman–Crippen LogP) is -4.20. The highest BCUT2D eigenvalue weighted by molar-refractivity contribution is 5.99. The molecule has 0 bridgehead atoms. The molecule has 0 saturated heterocycles. The molecule has 0 aliphatic carbocycles. The van der Waals surface area contributed by atoms with Crippen LogP contribution in [0.15, 0.2) is 24.3 Å². The fourth-order valence-electron chi connectivity index (χ4n) is 6.32. The molecule has 0 heterocycles. The van der Waals surface area contributed by atoms with Crippen LogP contribution in [-0.2, 0) is 73.5 Å². The summed E-state index contributed by atoms with van der Waals surface area (Å²) in [5.74, 6) is -21.2. The Labute approximate surface area is 407 Å². The number of nitrogens with two attached hydrogens (primary N) is 1. The van der Waals surface area contributed by atoms with E-state index in [0.717, 1.165) is 6.07 Å². The molecule has 17 N–H and O–H groups in total. The van der Waals surface area contributed by atoms with Gasteiger partial charge in [0.1, 0.15) is 48.0 Å². The van der Waals surface area contributed by atoms with Gasteiger partial charge in [0.05, 0.1) is 18.9 Å². The van der Waals surface area contributed by atoms with Crippen molar-refractivity contribution in [2.75, 3.05) is 0 Å². The highest BCUT2D eigenvalue weighted by atomic mass is 16.4. The van der Waals surface area contributed by atoms with Gasteiger partial charge in [0.2, 0.25) is 41.4 Å². The summed E-state index contributed by atoms with van der Waals surface area (Å²) in [6, 6.07) is -9.94. The van der Waals surface area contributed by atoms with E-state index in [1.54, 1.807) is 0 Å². The van der Waals surface area contributed by atoms with E-state index >= 15 is 0 Å². The van der Waals surface area contributed by atoms with E-state index in [1.165, 1.54) is 32.0 Å². The minimum atomic E-state index is -2.20. The monoisotopic (exact) mass is 1030 g/mol. The second-order valence-corrected chi connectivity index (χ2v) is 16.3. The number of carboxylic acids is 7. The summed E-state index contributed by atoms with van der Waals surface area (Å²) in [6.45, 7) is 2.87. The lowest BCUT2D eigenvalue weighted by Crippen LogP contribution is -2.60. The lowest BCUT2D eigenvalue weighted by molar-refractivity contribution is -0.144. The number of carbonyl (C=O) groups is 14. The molecule has 0 fully saturated rings. The van der Waals surface area contributed by atoms with Crippen LogP contribution in [0.1, 0.15) is 83.6 Å². The van der Waals surface area contributed by atoms with Gasteiger partial charge in [0.15, 0.2) is 0 Å². The van der Waals surface area contributed by atoms with E-state index in [2.05, 4.69) is 21.3 Å². The number of rotatable bonds is 34. The van der Waals surface area contributed by atoms with Gasteiger partial charge in [0.25, 0.3) is 0 Å². The normalized spacial score (nSPS) is 14.2. The summed E-state index contributed by atoms with van der Waals surface area (Å²) in [4.78, 5) is 175. The summed E-state index contributed by atoms with van der Waals surface area (Å²) in [6.07, 6.45) is -8.75. The highest BCUT2D eigenvalue weighted by Crippen LogP contribution is 2.15. The maximum absolute atomic E-state index is 14.1. The molecule has 0 unspecified atom stereocenters. The van der Waals surface area contributed by atoms with Crippen molar-refractivity contribution >= 4 is 83.1 Å². The molecule has 0 saturated carbocycles. The maximum atomic E-state index is 14.1. The van der Waals surface area contributed by atoms with Crippen molar-refractivity contribution in [2.24, 2.45) is 11.7 Å². The van der Waals surface area contributed by atoms with Crippen LogP contribution in [0.3, 0.4) is 0 Å². The molecule has 0 aliphatic rings. The van der Waals surface area contributed by atoms with Gasteiger partial charge in [-0.15, -0.1) is 0 Å². The van der Waals surface area contributed by atoms with Crippen molar-refractivity contribution in [1.29, 1.82) is 0 Å². The van der Waals surface area contributed by atoms with Crippen molar-refractivity contribution in [2.45, 2.75) is 133 Å². The highest BCUT2D eigenvalue weighted by Gasteiger charge is 2.36. The first-order valence-electron chi connectivity index (χ1n) is 21.7. The van der Waals surface area contributed by atoms with Gasteiger partial charge in [-0.25, -0.2) is 4.79 Å². The van der Waals surface area contributed by atoms with Crippen LogP contribution in [-0.4, -0.2) is 172 Å². The second kappa shape index (κ2) is 30.2. The van der Waals surface area contributed by atoms with E-state index in [-0.39, 0.29) is 11.3 Å². The average Bonchev–Trinajstić information content (AvgIpc) is 3.26. The van der Waals surface area contributed by atoms with Crippen molar-refractivity contribution < 1.29 is 108 Å². The Morgan fingerprint density at radius 1 is 0.444 bits per heavy atom. The van der Waals surface area contributed by atoms with E-state index in [0.29, 0.717) is 0 Å². The Balaban J connectivity index is 3.67. The largest absolute Gasteiger partial charge is 0.508 e. The summed E-state index contributed by atoms with van der Waals surface area (Å²) in [7, 11) is 0. The second-order valence-electron chi connectivity index (χ2n) is 16.3. The average molecular weight is 1030 g/mol. The number of hydrogen-bond donors (Lipinski definition) is 16. The smallest absolute Gasteiger partial charge is 0.326 e. The maximum Gasteiger partial charge on any atom is 0.326 e. The molecular weight excluding hydrogens is 968 g/mol. The van der Waals surface area contributed by atoms with E-state index in [1.807, 2.05) is 16.0 Å². The Morgan fingerprint density at radius 2 is 0.778 bits per heavy atom. The summed E-state index contributed by atoms with van der Waals surface area (Å²) in [5, 5.41) is 90.5. The molecule has 30 heteroatoms. The molecule has 0 aromatic heterocycles. The number of phenolic OH excluding ortho intramolecular Hbond substituents is 1. The number of nitrogens with one attached hydrogen (secondary N) is 7. The molecule has 1 aromatic rings. The third-order valence-electron chi connectivity index (χ3n) is 10.1. The topological polar surface area (TPSA) is 511 Å². The van der Waals surface area contributed by atoms with Crippen LogP contribution in [0.4, 0.5) is 0 Å². The molecule has 398 valence electrons. The molecule has 1 rings (SSSR count). The zero-order chi connectivity index (χ0) is 55.0. The fourth-order valence-corrected chi connectivity index (χ4v) is 6.32. The van der Waals surface area contributed by atoms with Gasteiger partial charge >= 0.3 is 41.8 Å². The standard InChI is InChI=1S/C42H58N8O22/c1-18(2)34(42(71)72)50-38(67)24(9-13-31(58)59)44-36(65)22(7-11-29(54)55)45-39(68)25(15-19-4-3-5-20(51)14-19)48-37(66)23(8-12-30(56)57)46-40(69)27(17-33(62)63)49-41(70)26(16-32(60)61)47-35(64)21(43)6-10-28(52)53/h3-5,14,18,21-27,34,51H,6-13,15-17,43H2,1-2H3,(H,44,65)(H,45,68)(H,46,69)(H,47,64)(H,48,66)(H,49,70)(H,50,67)(H,52,53)(H,54,55)(H,56,57)(H,58,59)(H,60,61)(H,62,63)(H,71,72)/t21-,22-,23-,24-,25-,26-,27-,34-/m0/s1. The third kappa shape index (κ3) is 23.7. The minimum Gasteiger partial charge on any atom is -0.508 e. The predicted molar refractivity (Wildman–Crippen MR) is 238 cm³/mol. The zero-order valence-corrected chi connectivity index (χ0v) is 38.7. The van der Waals surface area contributed by atoms with Gasteiger partial charge in [-0.05, 0) is 49.3 Å². The first-order chi connectivity index (χ1) is 33.5. The number of carbonyl (C=O) groups excluding carboxylic acids is 7. The number of hydrogen-bond acceptors (Lipinski definition) is 16. The van der Waals surface area contributed by atoms with Crippen LogP contribution in [0, 0.1) is 5.92 Å². The molecule has 72 heavy (non-hydrogen) atoms. The van der Waals surface area contributed by atoms with Gasteiger partial charge in [-0.3, -0.25) is 62.3 Å². The first-order valence-corrected chi connectivity index (χ1v) is 21.7. The Morgan fingerprint density at radius 3 is 1.14 bits per heavy atom. The number of carboxylic acid groups (broad SMARTS) is 7. The van der Waals surface area contributed by atoms with Crippen molar-refractivity contribution in [3.8, 4) is 5.75 Å². The minimum absolute atomic E-state index is 0.103. The number of aliphatic carboxylic acids is 7. The lowest BCUT2D eigenvalue weighted by Gasteiger charge is -2.28. The number of phenols is 1. The molecule has 0 radical (unpaired) electrons. The van der Waals surface area contributed by atoms with Crippen molar-refractivity contribution in [3.63, 3.8) is 0 Å². The number of amides is 7. The number of benzene rings is 1. The van der Waals surface area contributed by atoms with Crippen LogP contribution >= 0.6 is 0 Å². The summed E-state index contributed by atoms with van der Waals surface area (Å²) in [5.41, 5.74) is 5.74. The van der Waals surface area contributed by atoms with Crippen LogP contribution in [0.25, 0.3) is 0 Å². The van der Waals surface area contributed by atoms with Gasteiger partial charge in [-0.1, -0.05) is 26.0 Å². The van der Waals surface area contributed by atoms with Crippen LogP contribution in [0.5, 0.6) is 5.75 Å². The molecule has 8 atom stereocenters. The Hall–Kier alpha value is -8.44. The lowest BCUT2D eigenvalue weighted by atomic mass is 10.0. The Kier molecular flexibility index (Phi) is 25.9. The van der Waals surface area contributed by atoms with Gasteiger partial charge in [-0.2, -0.15) is 0 Å². The zero-order valence-electron chi connectivity index (χ0n) is 38.7. The first kappa shape index (κ1) is 61.6. The van der Waals surface area contributed by atoms with E-state index in [9.17, 15) is 103 Å².